The molecule has 9 heteroatoms. The van der Waals surface area contributed by atoms with E-state index in [1.54, 1.807) is 6.08 Å². The van der Waals surface area contributed by atoms with Gasteiger partial charge in [0, 0.05) is 6.42 Å². The fourth-order valence-corrected chi connectivity index (χ4v) is 7.79. The van der Waals surface area contributed by atoms with Gasteiger partial charge in [-0.15, -0.1) is 0 Å². The molecule has 0 aromatic heterocycles. The molecule has 0 aromatic carbocycles. The molecule has 0 aliphatic carbocycles. The number of nitrogens with one attached hydrogen (secondary N) is 1. The quantitative estimate of drug-likeness (QED) is 0.0243. The van der Waals surface area contributed by atoms with E-state index in [0.29, 0.717) is 23.9 Å². The molecule has 0 heterocycles. The summed E-state index contributed by atoms with van der Waals surface area (Å²) in [5, 5.41) is 13.9. The van der Waals surface area contributed by atoms with Gasteiger partial charge in [-0.3, -0.25) is 13.8 Å². The number of quaternary nitrogens is 1. The van der Waals surface area contributed by atoms with Crippen molar-refractivity contribution < 1.29 is 32.9 Å². The number of aliphatic hydroxyl groups excluding tert-OH is 1. The Kier molecular flexibility index (Phi) is 46.2. The van der Waals surface area contributed by atoms with E-state index in [0.717, 1.165) is 83.5 Å². The highest BCUT2D eigenvalue weighted by molar-refractivity contribution is 7.47. The van der Waals surface area contributed by atoms with E-state index in [1.165, 1.54) is 89.9 Å². The van der Waals surface area contributed by atoms with E-state index in [2.05, 4.69) is 116 Å². The summed E-state index contributed by atoms with van der Waals surface area (Å²) in [5.41, 5.74) is 0. The van der Waals surface area contributed by atoms with Crippen molar-refractivity contribution in [2.75, 3.05) is 40.9 Å². The molecule has 0 spiro atoms. The highest BCUT2D eigenvalue weighted by atomic mass is 31.2. The van der Waals surface area contributed by atoms with Crippen LogP contribution in [0.1, 0.15) is 200 Å². The summed E-state index contributed by atoms with van der Waals surface area (Å²) in [4.78, 5) is 23.2. The van der Waals surface area contributed by atoms with Crippen LogP contribution in [0.15, 0.2) is 109 Å². The number of phosphoric ester groups is 1. The molecule has 384 valence electrons. The summed E-state index contributed by atoms with van der Waals surface area (Å²) >= 11 is 0. The monoisotopic (exact) mass is 954 g/mol. The first-order valence-corrected chi connectivity index (χ1v) is 28.3. The first-order chi connectivity index (χ1) is 32.5. The number of likely N-dealkylation sites (N-methyl/N-ethyl adjacent to an activating group) is 1. The fraction of sp³-hybridized carbons (Fsp3) is 0.672. The fourth-order valence-electron chi connectivity index (χ4n) is 7.06. The zero-order valence-corrected chi connectivity index (χ0v) is 44.5. The van der Waals surface area contributed by atoms with Crippen LogP contribution in [0.5, 0.6) is 0 Å². The molecule has 1 amide bonds. The average Bonchev–Trinajstić information content (AvgIpc) is 3.29. The Morgan fingerprint density at radius 1 is 0.522 bits per heavy atom. The number of amides is 1. The molecule has 3 N–H and O–H groups in total. The molecule has 0 aliphatic heterocycles. The van der Waals surface area contributed by atoms with Gasteiger partial charge in [0.25, 0.3) is 0 Å². The number of nitrogens with zero attached hydrogens (tertiary/aromatic N) is 1. The van der Waals surface area contributed by atoms with Gasteiger partial charge in [-0.05, 0) is 83.5 Å². The standard InChI is InChI=1S/C58H101N2O6P/c1-6-8-10-12-14-16-18-20-22-24-26-27-28-29-30-31-32-33-34-36-38-40-42-44-46-48-50-52-58(62)59-56(55-66-67(63,64)65-54-53-60(3,4)5)57(61)51-49-47-45-43-41-39-37-35-25-23-21-19-17-15-13-11-9-7-2/h8,10,14,16,20,22,26-27,29-30,32-33,36,38,42,44,49,51,56-57,61H,6-7,9,11-13,15,17-19,21,23-25,28,31,34-35,37,39-41,43,45-48,50,52-55H2,1-5H3,(H-,59,62,63,64)/p+1/b10-8-,16-14-,22-20-,27-26-,30-29-,33-32-,38-36-,44-42-,51-49+. The summed E-state index contributed by atoms with van der Waals surface area (Å²) in [6, 6.07) is -0.878. The Bertz CT molecular complexity index is 1450. The molecule has 8 nitrogen and oxygen atoms in total. The van der Waals surface area contributed by atoms with Crippen LogP contribution in [-0.4, -0.2) is 73.4 Å². The van der Waals surface area contributed by atoms with Crippen molar-refractivity contribution in [3.05, 3.63) is 109 Å². The lowest BCUT2D eigenvalue weighted by atomic mass is 10.0. The zero-order chi connectivity index (χ0) is 49.2. The van der Waals surface area contributed by atoms with E-state index in [1.807, 2.05) is 27.2 Å². The predicted molar refractivity (Wildman–Crippen MR) is 290 cm³/mol. The summed E-state index contributed by atoms with van der Waals surface area (Å²) in [7, 11) is 1.53. The molecule has 0 fully saturated rings. The smallest absolute Gasteiger partial charge is 0.387 e. The summed E-state index contributed by atoms with van der Waals surface area (Å²) in [5.74, 6) is -0.223. The first kappa shape index (κ1) is 64.2. The first-order valence-electron chi connectivity index (χ1n) is 26.8. The second-order valence-corrected chi connectivity index (χ2v) is 20.3. The Balaban J connectivity index is 4.41. The lowest BCUT2D eigenvalue weighted by Crippen LogP contribution is -2.45. The van der Waals surface area contributed by atoms with Crippen molar-refractivity contribution in [3.8, 4) is 0 Å². The Morgan fingerprint density at radius 2 is 0.896 bits per heavy atom. The van der Waals surface area contributed by atoms with E-state index in [9.17, 15) is 19.4 Å². The SMILES string of the molecule is CC/C=C\C/C=C\C/C=C\C/C=C\C/C=C\C/C=C\C/C=C\C/C=C\CCCCC(=O)NC(COP(=O)(O)OCC[N+](C)(C)C)C(O)/C=C/CCCCCCCCCCCCCCCCCC. The van der Waals surface area contributed by atoms with Crippen LogP contribution in [-0.2, 0) is 18.4 Å². The number of phosphoric acid groups is 1. The van der Waals surface area contributed by atoms with Gasteiger partial charge in [-0.2, -0.15) is 0 Å². The van der Waals surface area contributed by atoms with Crippen LogP contribution in [0.2, 0.25) is 0 Å². The topological polar surface area (TPSA) is 105 Å². The Hall–Kier alpha value is -2.84. The number of hydrogen-bond donors (Lipinski definition) is 3. The van der Waals surface area contributed by atoms with Crippen LogP contribution in [0.4, 0.5) is 0 Å². The summed E-state index contributed by atoms with van der Waals surface area (Å²) in [6.07, 6.45) is 70.3. The maximum atomic E-state index is 12.9. The molecular weight excluding hydrogens is 852 g/mol. The lowest BCUT2D eigenvalue weighted by molar-refractivity contribution is -0.870. The number of aliphatic hydroxyl groups is 1. The molecule has 0 aromatic rings. The highest BCUT2D eigenvalue weighted by Gasteiger charge is 2.27. The van der Waals surface area contributed by atoms with Gasteiger partial charge in [-0.25, -0.2) is 4.57 Å². The number of hydrogen-bond acceptors (Lipinski definition) is 5. The van der Waals surface area contributed by atoms with Crippen LogP contribution in [0.25, 0.3) is 0 Å². The van der Waals surface area contributed by atoms with Crippen LogP contribution >= 0.6 is 7.82 Å². The second kappa shape index (κ2) is 48.2. The minimum atomic E-state index is -4.36. The van der Waals surface area contributed by atoms with E-state index >= 15 is 0 Å². The summed E-state index contributed by atoms with van der Waals surface area (Å²) in [6.45, 7) is 4.66. The minimum Gasteiger partial charge on any atom is -0.387 e. The molecule has 3 unspecified atom stereocenters. The van der Waals surface area contributed by atoms with Crippen molar-refractivity contribution in [3.63, 3.8) is 0 Å². The zero-order valence-electron chi connectivity index (χ0n) is 43.6. The molecule has 0 saturated carbocycles. The van der Waals surface area contributed by atoms with Crippen molar-refractivity contribution >= 4 is 13.7 Å². The van der Waals surface area contributed by atoms with Crippen molar-refractivity contribution in [1.82, 2.24) is 5.32 Å². The van der Waals surface area contributed by atoms with E-state index in [4.69, 9.17) is 9.05 Å². The minimum absolute atomic E-state index is 0.0468. The molecule has 0 saturated heterocycles. The second-order valence-electron chi connectivity index (χ2n) is 18.9. The molecule has 0 aliphatic rings. The molecular formula is C58H102N2O6P+. The number of unbranched alkanes of at least 4 members (excludes halogenated alkanes) is 18. The normalized spacial score (nSPS) is 14.9. The lowest BCUT2D eigenvalue weighted by Gasteiger charge is -2.25. The van der Waals surface area contributed by atoms with Crippen molar-refractivity contribution in [2.45, 2.75) is 212 Å². The largest absolute Gasteiger partial charge is 0.472 e. The number of rotatable bonds is 47. The van der Waals surface area contributed by atoms with Gasteiger partial charge in [0.15, 0.2) is 0 Å². The van der Waals surface area contributed by atoms with Crippen molar-refractivity contribution in [2.24, 2.45) is 0 Å². The molecule has 0 rings (SSSR count). The maximum Gasteiger partial charge on any atom is 0.472 e. The van der Waals surface area contributed by atoms with Gasteiger partial charge in [-0.1, -0.05) is 220 Å². The highest BCUT2D eigenvalue weighted by Crippen LogP contribution is 2.43. The van der Waals surface area contributed by atoms with Crippen LogP contribution in [0, 0.1) is 0 Å². The average molecular weight is 954 g/mol. The van der Waals surface area contributed by atoms with Gasteiger partial charge in [0.1, 0.15) is 13.2 Å². The molecule has 0 bridgehead atoms. The van der Waals surface area contributed by atoms with E-state index < -0.39 is 20.0 Å². The van der Waals surface area contributed by atoms with Gasteiger partial charge in [0.2, 0.25) is 5.91 Å². The van der Waals surface area contributed by atoms with E-state index in [-0.39, 0.29) is 19.1 Å². The molecule has 0 radical (unpaired) electrons. The number of allylic oxidation sites excluding steroid dienone is 17. The molecule has 67 heavy (non-hydrogen) atoms. The number of carbonyl (C=O) groups excluding carboxylic acids is 1. The van der Waals surface area contributed by atoms with Crippen LogP contribution in [0.3, 0.4) is 0 Å². The number of carbonyl (C=O) groups is 1. The van der Waals surface area contributed by atoms with Gasteiger partial charge < -0.3 is 19.8 Å². The predicted octanol–water partition coefficient (Wildman–Crippen LogP) is 16.0. The third kappa shape index (κ3) is 50.9. The third-order valence-corrected chi connectivity index (χ3v) is 12.2. The van der Waals surface area contributed by atoms with Gasteiger partial charge >= 0.3 is 7.82 Å². The Labute approximate surface area is 412 Å². The Morgan fingerprint density at radius 3 is 1.31 bits per heavy atom. The van der Waals surface area contributed by atoms with Gasteiger partial charge in [0.05, 0.1) is 39.9 Å². The van der Waals surface area contributed by atoms with Crippen LogP contribution < -0.4 is 5.32 Å². The van der Waals surface area contributed by atoms with Crippen molar-refractivity contribution in [1.29, 1.82) is 0 Å². The maximum absolute atomic E-state index is 12.9. The third-order valence-electron chi connectivity index (χ3n) is 11.2. The summed E-state index contributed by atoms with van der Waals surface area (Å²) < 4.78 is 23.6. The molecule has 3 atom stereocenters.